The Kier molecular flexibility index (Phi) is 6.37. The van der Waals surface area contributed by atoms with E-state index >= 15 is 0 Å². The second-order valence-electron chi connectivity index (χ2n) is 6.03. The molecule has 0 atom stereocenters. The van der Waals surface area contributed by atoms with Gasteiger partial charge in [0.05, 0.1) is 18.5 Å². The van der Waals surface area contributed by atoms with Gasteiger partial charge in [-0.2, -0.15) is 0 Å². The average Bonchev–Trinajstić information content (AvgIpc) is 2.58. The van der Waals surface area contributed by atoms with E-state index in [1.54, 1.807) is 0 Å². The van der Waals surface area contributed by atoms with Gasteiger partial charge in [-0.25, -0.2) is 12.8 Å². The van der Waals surface area contributed by atoms with E-state index in [2.05, 4.69) is 5.32 Å². The Balaban J connectivity index is 2.16. The maximum Gasteiger partial charge on any atom is 0.251 e. The molecule has 2 aromatic carbocycles. The summed E-state index contributed by atoms with van der Waals surface area (Å²) in [6.07, 6.45) is 1.85. The van der Waals surface area contributed by atoms with Gasteiger partial charge in [0.25, 0.3) is 5.91 Å². The third-order valence-corrected chi connectivity index (χ3v) is 5.22. The van der Waals surface area contributed by atoms with Gasteiger partial charge in [-0.3, -0.25) is 9.10 Å². The first-order chi connectivity index (χ1) is 12.2. The van der Waals surface area contributed by atoms with Gasteiger partial charge in [-0.05, 0) is 48.7 Å². The third kappa shape index (κ3) is 4.82. The van der Waals surface area contributed by atoms with E-state index in [0.717, 1.165) is 17.4 Å². The Hall–Kier alpha value is -2.41. The zero-order chi connectivity index (χ0) is 19.3. The largest absolute Gasteiger partial charge is 0.350 e. The molecule has 2 aromatic rings. The number of halogens is 1. The number of nitrogens with one attached hydrogen (secondary N) is 1. The zero-order valence-electron chi connectivity index (χ0n) is 15.1. The number of aryl methyl sites for hydroxylation is 2. The Morgan fingerprint density at radius 2 is 1.81 bits per heavy atom. The van der Waals surface area contributed by atoms with Gasteiger partial charge in [0.1, 0.15) is 5.82 Å². The summed E-state index contributed by atoms with van der Waals surface area (Å²) in [5.74, 6) is -0.796. The number of carbonyl (C=O) groups excluding carboxylic acids is 1. The number of anilines is 1. The van der Waals surface area contributed by atoms with Crippen LogP contribution in [-0.4, -0.2) is 33.7 Å². The summed E-state index contributed by atoms with van der Waals surface area (Å²) in [7, 11) is -3.51. The quantitative estimate of drug-likeness (QED) is 0.806. The van der Waals surface area contributed by atoms with E-state index in [0.29, 0.717) is 17.7 Å². The summed E-state index contributed by atoms with van der Waals surface area (Å²) in [6, 6.07) is 10.8. The molecule has 0 spiro atoms. The number of para-hydroxylation sites is 1. The lowest BCUT2D eigenvalue weighted by atomic mass is 10.1. The molecule has 0 saturated carbocycles. The van der Waals surface area contributed by atoms with Crippen LogP contribution in [0.5, 0.6) is 0 Å². The predicted octanol–water partition coefficient (Wildman–Crippen LogP) is 2.89. The van der Waals surface area contributed by atoms with Crippen LogP contribution in [0.3, 0.4) is 0 Å². The van der Waals surface area contributed by atoms with Crippen molar-refractivity contribution >= 4 is 21.6 Å². The van der Waals surface area contributed by atoms with Crippen LogP contribution in [0.1, 0.15) is 28.4 Å². The molecule has 0 aliphatic rings. The number of rotatable bonds is 7. The molecule has 140 valence electrons. The summed E-state index contributed by atoms with van der Waals surface area (Å²) in [5, 5.41) is 2.68. The van der Waals surface area contributed by atoms with Gasteiger partial charge < -0.3 is 5.32 Å². The first-order valence-corrected chi connectivity index (χ1v) is 10.2. The molecular weight excluding hydrogens is 355 g/mol. The van der Waals surface area contributed by atoms with Crippen LogP contribution in [0, 0.1) is 12.7 Å². The Bertz CT molecular complexity index is 880. The SMILES string of the molecule is CCc1cccc(C)c1N(CCNC(=O)c1ccc(F)cc1)S(C)(=O)=O. The number of amides is 1. The van der Waals surface area contributed by atoms with Gasteiger partial charge >= 0.3 is 0 Å². The fourth-order valence-electron chi connectivity index (χ4n) is 2.78. The van der Waals surface area contributed by atoms with E-state index in [1.165, 1.54) is 28.6 Å². The fraction of sp³-hybridized carbons (Fsp3) is 0.316. The van der Waals surface area contributed by atoms with Crippen molar-refractivity contribution in [3.63, 3.8) is 0 Å². The summed E-state index contributed by atoms with van der Waals surface area (Å²) in [4.78, 5) is 12.1. The highest BCUT2D eigenvalue weighted by Gasteiger charge is 2.21. The van der Waals surface area contributed by atoms with Crippen LogP contribution >= 0.6 is 0 Å². The van der Waals surface area contributed by atoms with Gasteiger partial charge in [0, 0.05) is 12.1 Å². The average molecular weight is 378 g/mol. The van der Waals surface area contributed by atoms with E-state index in [1.807, 2.05) is 32.0 Å². The molecule has 0 bridgehead atoms. The minimum atomic E-state index is -3.51. The summed E-state index contributed by atoms with van der Waals surface area (Å²) >= 11 is 0. The molecule has 0 aliphatic carbocycles. The monoisotopic (exact) mass is 378 g/mol. The van der Waals surface area contributed by atoms with Crippen molar-refractivity contribution < 1.29 is 17.6 Å². The summed E-state index contributed by atoms with van der Waals surface area (Å²) in [5.41, 5.74) is 2.77. The molecule has 2 rings (SSSR count). The second-order valence-corrected chi connectivity index (χ2v) is 7.94. The highest BCUT2D eigenvalue weighted by molar-refractivity contribution is 7.92. The first-order valence-electron chi connectivity index (χ1n) is 8.34. The van der Waals surface area contributed by atoms with Crippen molar-refractivity contribution in [2.24, 2.45) is 0 Å². The van der Waals surface area contributed by atoms with Crippen LogP contribution in [0.4, 0.5) is 10.1 Å². The molecule has 0 heterocycles. The Labute approximate surface area is 153 Å². The lowest BCUT2D eigenvalue weighted by molar-refractivity contribution is 0.0955. The smallest absolute Gasteiger partial charge is 0.251 e. The molecule has 1 amide bonds. The Morgan fingerprint density at radius 3 is 2.38 bits per heavy atom. The predicted molar refractivity (Wildman–Crippen MR) is 101 cm³/mol. The molecular formula is C19H23FN2O3S. The molecule has 0 fully saturated rings. The molecule has 5 nitrogen and oxygen atoms in total. The molecule has 0 unspecified atom stereocenters. The minimum absolute atomic E-state index is 0.115. The number of sulfonamides is 1. The van der Waals surface area contributed by atoms with Crippen molar-refractivity contribution in [1.29, 1.82) is 0 Å². The number of carbonyl (C=O) groups is 1. The van der Waals surface area contributed by atoms with Crippen molar-refractivity contribution in [2.75, 3.05) is 23.7 Å². The van der Waals surface area contributed by atoms with E-state index in [9.17, 15) is 17.6 Å². The van der Waals surface area contributed by atoms with E-state index in [4.69, 9.17) is 0 Å². The lowest BCUT2D eigenvalue weighted by Crippen LogP contribution is -2.39. The van der Waals surface area contributed by atoms with E-state index < -0.39 is 15.8 Å². The topological polar surface area (TPSA) is 66.5 Å². The van der Waals surface area contributed by atoms with Crippen molar-refractivity contribution in [3.05, 3.63) is 65.0 Å². The lowest BCUT2D eigenvalue weighted by Gasteiger charge is -2.26. The molecule has 7 heteroatoms. The molecule has 1 N–H and O–H groups in total. The van der Waals surface area contributed by atoms with Gasteiger partial charge in [-0.15, -0.1) is 0 Å². The van der Waals surface area contributed by atoms with Gasteiger partial charge in [0.15, 0.2) is 0 Å². The normalized spacial score (nSPS) is 11.2. The minimum Gasteiger partial charge on any atom is -0.350 e. The number of benzene rings is 2. The highest BCUT2D eigenvalue weighted by Crippen LogP contribution is 2.27. The van der Waals surface area contributed by atoms with Gasteiger partial charge in [-0.1, -0.05) is 25.1 Å². The Morgan fingerprint density at radius 1 is 1.15 bits per heavy atom. The first kappa shape index (κ1) is 19.9. The maximum absolute atomic E-state index is 12.9. The van der Waals surface area contributed by atoms with Gasteiger partial charge in [0.2, 0.25) is 10.0 Å². The van der Waals surface area contributed by atoms with Crippen molar-refractivity contribution in [2.45, 2.75) is 20.3 Å². The molecule has 26 heavy (non-hydrogen) atoms. The highest BCUT2D eigenvalue weighted by atomic mass is 32.2. The molecule has 0 aliphatic heterocycles. The van der Waals surface area contributed by atoms with Crippen LogP contribution in [0.15, 0.2) is 42.5 Å². The summed E-state index contributed by atoms with van der Waals surface area (Å²) < 4.78 is 38.9. The van der Waals surface area contributed by atoms with E-state index in [-0.39, 0.29) is 19.0 Å². The van der Waals surface area contributed by atoms with Crippen LogP contribution in [-0.2, 0) is 16.4 Å². The number of nitrogens with zero attached hydrogens (tertiary/aromatic N) is 1. The van der Waals surface area contributed by atoms with Crippen LogP contribution in [0.25, 0.3) is 0 Å². The third-order valence-electron chi connectivity index (χ3n) is 4.06. The molecule has 0 aromatic heterocycles. The van der Waals surface area contributed by atoms with Crippen LogP contribution < -0.4 is 9.62 Å². The van der Waals surface area contributed by atoms with Crippen LogP contribution in [0.2, 0.25) is 0 Å². The van der Waals surface area contributed by atoms with Crippen molar-refractivity contribution in [3.8, 4) is 0 Å². The standard InChI is InChI=1S/C19H23FN2O3S/c1-4-15-7-5-6-14(2)18(15)22(26(3,24)25)13-12-21-19(23)16-8-10-17(20)11-9-16/h5-11H,4,12-13H2,1-3H3,(H,21,23). The number of hydrogen-bond acceptors (Lipinski definition) is 3. The fourth-order valence-corrected chi connectivity index (χ4v) is 3.80. The zero-order valence-corrected chi connectivity index (χ0v) is 15.9. The second kappa shape index (κ2) is 8.31. The molecule has 0 saturated heterocycles. The van der Waals surface area contributed by atoms with Crippen molar-refractivity contribution in [1.82, 2.24) is 5.32 Å². The maximum atomic E-state index is 12.9. The molecule has 0 radical (unpaired) electrons. The summed E-state index contributed by atoms with van der Waals surface area (Å²) in [6.45, 7) is 4.09. The number of hydrogen-bond donors (Lipinski definition) is 1.